The van der Waals surface area contributed by atoms with Crippen LogP contribution in [0.25, 0.3) is 22.7 Å². The van der Waals surface area contributed by atoms with Gasteiger partial charge in [0, 0.05) is 33.8 Å². The Labute approximate surface area is 277 Å². The van der Waals surface area contributed by atoms with E-state index in [9.17, 15) is 14.0 Å². The van der Waals surface area contributed by atoms with Crippen molar-refractivity contribution >= 4 is 40.0 Å². The van der Waals surface area contributed by atoms with Crippen LogP contribution in [0.1, 0.15) is 35.2 Å². The molecule has 10 heteroatoms. The summed E-state index contributed by atoms with van der Waals surface area (Å²) in [7, 11) is 0. The number of rotatable bonds is 7. The first-order valence-corrected chi connectivity index (χ1v) is 16.3. The molecule has 0 aliphatic carbocycles. The Kier molecular flexibility index (Phi) is 7.49. The molecule has 8 rings (SSSR count). The third-order valence-corrected chi connectivity index (χ3v) is 9.47. The van der Waals surface area contributed by atoms with Gasteiger partial charge in [0.05, 0.1) is 35.0 Å². The zero-order chi connectivity index (χ0) is 32.8. The zero-order valence-electron chi connectivity index (χ0n) is 25.8. The molecule has 2 aliphatic rings. The number of carbonyl (C=O) groups is 1. The highest BCUT2D eigenvalue weighted by atomic mass is 32.1. The second kappa shape index (κ2) is 12.1. The number of aromatic nitrogens is 2. The molecule has 4 aromatic carbocycles. The van der Waals surface area contributed by atoms with E-state index in [4.69, 9.17) is 19.2 Å². The van der Waals surface area contributed by atoms with Gasteiger partial charge in [-0.2, -0.15) is 0 Å². The van der Waals surface area contributed by atoms with Crippen LogP contribution in [0.2, 0.25) is 0 Å². The van der Waals surface area contributed by atoms with Gasteiger partial charge < -0.3 is 18.8 Å². The maximum atomic E-state index is 14.6. The van der Waals surface area contributed by atoms with Crippen molar-refractivity contribution < 1.29 is 23.4 Å². The van der Waals surface area contributed by atoms with Crippen LogP contribution in [0, 0.1) is 5.82 Å². The normalized spacial score (nSPS) is 15.5. The smallest absolute Gasteiger partial charge is 0.338 e. The fourth-order valence-corrected chi connectivity index (χ4v) is 7.30. The van der Waals surface area contributed by atoms with Crippen LogP contribution in [0.3, 0.4) is 0 Å². The largest absolute Gasteiger partial charge is 0.463 e. The fraction of sp³-hybridized carbons (Fsp3) is 0.132. The molecule has 0 fully saturated rings. The highest BCUT2D eigenvalue weighted by Gasteiger charge is 2.36. The average Bonchev–Trinajstić information content (AvgIpc) is 3.81. The molecule has 0 saturated carbocycles. The van der Waals surface area contributed by atoms with Crippen LogP contribution in [0.15, 0.2) is 119 Å². The van der Waals surface area contributed by atoms with Crippen molar-refractivity contribution in [3.63, 3.8) is 0 Å². The summed E-state index contributed by atoms with van der Waals surface area (Å²) in [6.45, 7) is 2.31. The van der Waals surface area contributed by atoms with E-state index < -0.39 is 12.0 Å². The van der Waals surface area contributed by atoms with Gasteiger partial charge in [-0.3, -0.25) is 9.36 Å². The molecule has 238 valence electrons. The maximum Gasteiger partial charge on any atom is 0.338 e. The minimum atomic E-state index is -0.852. The highest BCUT2D eigenvalue weighted by molar-refractivity contribution is 7.07. The Hall–Kier alpha value is -5.74. The number of esters is 1. The van der Waals surface area contributed by atoms with Crippen molar-refractivity contribution in [2.75, 3.05) is 13.4 Å². The van der Waals surface area contributed by atoms with Gasteiger partial charge in [0.1, 0.15) is 5.82 Å². The third-order valence-electron chi connectivity index (χ3n) is 8.49. The van der Waals surface area contributed by atoms with Crippen molar-refractivity contribution in [3.05, 3.63) is 157 Å². The van der Waals surface area contributed by atoms with E-state index in [1.54, 1.807) is 35.8 Å². The lowest BCUT2D eigenvalue weighted by atomic mass is 9.93. The molecule has 0 unspecified atom stereocenters. The molecule has 0 saturated heterocycles. The topological polar surface area (TPSA) is 84.1 Å². The van der Waals surface area contributed by atoms with Gasteiger partial charge in [-0.1, -0.05) is 84.1 Å². The summed E-state index contributed by atoms with van der Waals surface area (Å²) in [5, 5.41) is 0.921. The number of hydrogen-bond donors (Lipinski definition) is 0. The Bertz CT molecular complexity index is 2440. The summed E-state index contributed by atoms with van der Waals surface area (Å²) in [5.41, 5.74) is 4.04. The van der Waals surface area contributed by atoms with Crippen molar-refractivity contribution in [2.24, 2.45) is 4.99 Å². The van der Waals surface area contributed by atoms with E-state index in [0.717, 1.165) is 22.0 Å². The molecule has 48 heavy (non-hydrogen) atoms. The lowest BCUT2D eigenvalue weighted by molar-refractivity contribution is -0.138. The standard InChI is InChI=1S/C38H28FN3O5S/c1-2-45-37(44)33-34(23-10-4-3-5-11-23)40-38-42(35(33)24-16-17-30-31(18-24)47-22-46-30)36(43)32(48-38)19-26-21-41(29-15-9-7-13-27(26)29)20-25-12-6-8-14-28(25)39/h3-19,21,35H,2,20,22H2,1H3/b32-19-/t35-/m1/s1. The number of hydrogen-bond acceptors (Lipinski definition) is 7. The van der Waals surface area contributed by atoms with Gasteiger partial charge in [-0.15, -0.1) is 0 Å². The van der Waals surface area contributed by atoms with E-state index in [1.807, 2.05) is 83.6 Å². The first kappa shape index (κ1) is 29.6. The summed E-state index contributed by atoms with van der Waals surface area (Å²) in [6, 6.07) is 28.5. The first-order chi connectivity index (χ1) is 23.5. The molecule has 1 atom stereocenters. The molecule has 4 heterocycles. The van der Waals surface area contributed by atoms with E-state index in [2.05, 4.69) is 0 Å². The first-order valence-electron chi connectivity index (χ1n) is 15.5. The molecule has 2 aromatic heterocycles. The van der Waals surface area contributed by atoms with Crippen LogP contribution >= 0.6 is 11.3 Å². The quantitative estimate of drug-likeness (QED) is 0.203. The summed E-state index contributed by atoms with van der Waals surface area (Å²) < 4.78 is 35.4. The lowest BCUT2D eigenvalue weighted by Gasteiger charge is -2.26. The molecule has 0 spiro atoms. The Morgan fingerprint density at radius 3 is 2.60 bits per heavy atom. The van der Waals surface area contributed by atoms with Crippen molar-refractivity contribution in [1.29, 1.82) is 0 Å². The number of carbonyl (C=O) groups excluding carboxylic acids is 1. The molecule has 2 aliphatic heterocycles. The van der Waals surface area contributed by atoms with Gasteiger partial charge >= 0.3 is 5.97 Å². The Morgan fingerprint density at radius 1 is 1.00 bits per heavy atom. The number of para-hydroxylation sites is 1. The summed E-state index contributed by atoms with van der Waals surface area (Å²) in [4.78, 5) is 33.7. The predicted octanol–water partition coefficient (Wildman–Crippen LogP) is 5.81. The zero-order valence-corrected chi connectivity index (χ0v) is 26.6. The number of ether oxygens (including phenoxy) is 3. The average molecular weight is 658 g/mol. The van der Waals surface area contributed by atoms with Crippen LogP contribution in [-0.4, -0.2) is 28.5 Å². The van der Waals surface area contributed by atoms with E-state index in [-0.39, 0.29) is 30.3 Å². The number of thiazole rings is 1. The highest BCUT2D eigenvalue weighted by Crippen LogP contribution is 2.40. The molecule has 0 bridgehead atoms. The van der Waals surface area contributed by atoms with Gasteiger partial charge in [-0.05, 0) is 42.8 Å². The van der Waals surface area contributed by atoms with Crippen molar-refractivity contribution in [3.8, 4) is 11.5 Å². The summed E-state index contributed by atoms with van der Waals surface area (Å²) >= 11 is 1.25. The minimum absolute atomic E-state index is 0.0852. The van der Waals surface area contributed by atoms with Gasteiger partial charge in [-0.25, -0.2) is 14.2 Å². The number of halogens is 1. The molecule has 6 aromatic rings. The summed E-state index contributed by atoms with van der Waals surface area (Å²) in [6.07, 6.45) is 3.78. The second-order valence-corrected chi connectivity index (χ2v) is 12.4. The van der Waals surface area contributed by atoms with Gasteiger partial charge in [0.15, 0.2) is 16.3 Å². The third kappa shape index (κ3) is 5.10. The van der Waals surface area contributed by atoms with Gasteiger partial charge in [0.25, 0.3) is 5.56 Å². The molecule has 0 amide bonds. The van der Waals surface area contributed by atoms with E-state index in [0.29, 0.717) is 44.2 Å². The maximum absolute atomic E-state index is 14.6. The Morgan fingerprint density at radius 2 is 1.77 bits per heavy atom. The second-order valence-electron chi connectivity index (χ2n) is 11.4. The SMILES string of the molecule is CCOC(=O)C1=C(c2ccccc2)N=c2s/c(=C\c3cn(Cc4ccccc4F)c4ccccc34)c(=O)n2[C@@H]1c1ccc2c(c1)OCO2. The number of fused-ring (bicyclic) bond motifs is 3. The number of nitrogens with zero attached hydrogens (tertiary/aromatic N) is 3. The van der Waals surface area contributed by atoms with Crippen molar-refractivity contribution in [2.45, 2.75) is 19.5 Å². The minimum Gasteiger partial charge on any atom is -0.463 e. The predicted molar refractivity (Wildman–Crippen MR) is 181 cm³/mol. The van der Waals surface area contributed by atoms with Gasteiger partial charge in [0.2, 0.25) is 6.79 Å². The molecule has 0 N–H and O–H groups in total. The lowest BCUT2D eigenvalue weighted by Crippen LogP contribution is -2.40. The Balaban J connectivity index is 1.35. The fourth-order valence-electron chi connectivity index (χ4n) is 6.31. The van der Waals surface area contributed by atoms with Crippen LogP contribution in [0.5, 0.6) is 11.5 Å². The molecule has 0 radical (unpaired) electrons. The van der Waals surface area contributed by atoms with Crippen LogP contribution < -0.4 is 24.4 Å². The van der Waals surface area contributed by atoms with Crippen LogP contribution in [-0.2, 0) is 16.1 Å². The molecular formula is C38H28FN3O5S. The van der Waals surface area contributed by atoms with Crippen molar-refractivity contribution in [1.82, 2.24) is 9.13 Å². The molecule has 8 nitrogen and oxygen atoms in total. The monoisotopic (exact) mass is 657 g/mol. The van der Waals surface area contributed by atoms with E-state index in [1.165, 1.54) is 17.4 Å². The number of benzene rings is 4. The summed E-state index contributed by atoms with van der Waals surface area (Å²) in [5.74, 6) is 0.273. The van der Waals surface area contributed by atoms with E-state index >= 15 is 0 Å². The molecular weight excluding hydrogens is 629 g/mol. The van der Waals surface area contributed by atoms with Crippen LogP contribution in [0.4, 0.5) is 4.39 Å².